The zero-order chi connectivity index (χ0) is 15.1. The van der Waals surface area contributed by atoms with E-state index in [0.29, 0.717) is 0 Å². The van der Waals surface area contributed by atoms with Gasteiger partial charge in [0, 0.05) is 30.5 Å². The van der Waals surface area contributed by atoms with E-state index in [0.717, 1.165) is 50.5 Å². The molecule has 1 aliphatic rings. The van der Waals surface area contributed by atoms with Crippen molar-refractivity contribution in [1.29, 1.82) is 0 Å². The van der Waals surface area contributed by atoms with Crippen LogP contribution in [0.25, 0.3) is 0 Å². The molecule has 0 aliphatic carbocycles. The SMILES string of the molecule is CCCNC(C)c1ccc(OC)cc1OC1CCOCC1. The monoisotopic (exact) mass is 293 g/mol. The Morgan fingerprint density at radius 2 is 2.10 bits per heavy atom. The van der Waals surface area contributed by atoms with E-state index in [-0.39, 0.29) is 12.1 Å². The minimum absolute atomic E-state index is 0.239. The minimum atomic E-state index is 0.239. The van der Waals surface area contributed by atoms with Gasteiger partial charge in [-0.15, -0.1) is 0 Å². The highest BCUT2D eigenvalue weighted by atomic mass is 16.5. The highest BCUT2D eigenvalue weighted by Crippen LogP contribution is 2.31. The van der Waals surface area contributed by atoms with E-state index >= 15 is 0 Å². The van der Waals surface area contributed by atoms with Gasteiger partial charge in [-0.3, -0.25) is 0 Å². The van der Waals surface area contributed by atoms with Crippen LogP contribution >= 0.6 is 0 Å². The summed E-state index contributed by atoms with van der Waals surface area (Å²) in [7, 11) is 1.69. The lowest BCUT2D eigenvalue weighted by Crippen LogP contribution is -2.27. The Morgan fingerprint density at radius 3 is 2.76 bits per heavy atom. The van der Waals surface area contributed by atoms with E-state index in [2.05, 4.69) is 25.2 Å². The van der Waals surface area contributed by atoms with Crippen molar-refractivity contribution in [2.75, 3.05) is 26.9 Å². The molecule has 1 N–H and O–H groups in total. The molecule has 0 amide bonds. The minimum Gasteiger partial charge on any atom is -0.497 e. The van der Waals surface area contributed by atoms with E-state index in [1.165, 1.54) is 5.56 Å². The third-order valence-electron chi connectivity index (χ3n) is 3.85. The average Bonchev–Trinajstić information content (AvgIpc) is 2.53. The van der Waals surface area contributed by atoms with Gasteiger partial charge < -0.3 is 19.5 Å². The van der Waals surface area contributed by atoms with Crippen molar-refractivity contribution in [2.24, 2.45) is 0 Å². The molecule has 21 heavy (non-hydrogen) atoms. The molecule has 0 bridgehead atoms. The number of benzene rings is 1. The maximum atomic E-state index is 6.23. The van der Waals surface area contributed by atoms with Crippen LogP contribution in [-0.2, 0) is 4.74 Å². The summed E-state index contributed by atoms with van der Waals surface area (Å²) < 4.78 is 17.0. The average molecular weight is 293 g/mol. The fraction of sp³-hybridized carbons (Fsp3) is 0.647. The Bertz CT molecular complexity index is 430. The molecule has 1 saturated heterocycles. The van der Waals surface area contributed by atoms with Gasteiger partial charge in [0.15, 0.2) is 0 Å². The third-order valence-corrected chi connectivity index (χ3v) is 3.85. The van der Waals surface area contributed by atoms with Crippen molar-refractivity contribution >= 4 is 0 Å². The molecule has 0 saturated carbocycles. The molecular formula is C17H27NO3. The van der Waals surface area contributed by atoms with Crippen LogP contribution in [0.2, 0.25) is 0 Å². The molecule has 1 aromatic carbocycles. The van der Waals surface area contributed by atoms with Crippen LogP contribution in [0.4, 0.5) is 0 Å². The van der Waals surface area contributed by atoms with Gasteiger partial charge in [-0.2, -0.15) is 0 Å². The molecule has 2 rings (SSSR count). The van der Waals surface area contributed by atoms with Gasteiger partial charge in [-0.1, -0.05) is 13.0 Å². The molecule has 4 nitrogen and oxygen atoms in total. The summed E-state index contributed by atoms with van der Waals surface area (Å²) in [6, 6.07) is 6.36. The smallest absolute Gasteiger partial charge is 0.128 e. The van der Waals surface area contributed by atoms with Gasteiger partial charge in [-0.05, 0) is 26.0 Å². The van der Waals surface area contributed by atoms with E-state index in [4.69, 9.17) is 14.2 Å². The van der Waals surface area contributed by atoms with Crippen LogP contribution in [0.15, 0.2) is 18.2 Å². The van der Waals surface area contributed by atoms with Crippen LogP contribution in [0.5, 0.6) is 11.5 Å². The summed E-state index contributed by atoms with van der Waals surface area (Å²) in [5.41, 5.74) is 1.19. The third kappa shape index (κ3) is 4.61. The summed E-state index contributed by atoms with van der Waals surface area (Å²) >= 11 is 0. The number of hydrogen-bond donors (Lipinski definition) is 1. The van der Waals surface area contributed by atoms with Crippen LogP contribution in [-0.4, -0.2) is 33.0 Å². The number of methoxy groups -OCH3 is 1. The zero-order valence-electron chi connectivity index (χ0n) is 13.4. The van der Waals surface area contributed by atoms with Crippen LogP contribution in [0.3, 0.4) is 0 Å². The Morgan fingerprint density at radius 1 is 1.33 bits per heavy atom. The van der Waals surface area contributed by atoms with Gasteiger partial charge >= 0.3 is 0 Å². The lowest BCUT2D eigenvalue weighted by molar-refractivity contribution is 0.0249. The maximum absolute atomic E-state index is 6.23. The molecule has 4 heteroatoms. The van der Waals surface area contributed by atoms with E-state index in [9.17, 15) is 0 Å². The quantitative estimate of drug-likeness (QED) is 0.837. The number of ether oxygens (including phenoxy) is 3. The molecule has 1 heterocycles. The predicted octanol–water partition coefficient (Wildman–Crippen LogP) is 3.31. The van der Waals surface area contributed by atoms with Crippen LogP contribution < -0.4 is 14.8 Å². The van der Waals surface area contributed by atoms with Gasteiger partial charge in [0.05, 0.1) is 20.3 Å². The number of hydrogen-bond acceptors (Lipinski definition) is 4. The van der Waals surface area contributed by atoms with Crippen molar-refractivity contribution in [1.82, 2.24) is 5.32 Å². The largest absolute Gasteiger partial charge is 0.497 e. The first kappa shape index (κ1) is 16.1. The van der Waals surface area contributed by atoms with Crippen molar-refractivity contribution in [3.8, 4) is 11.5 Å². The molecule has 1 aromatic rings. The molecule has 1 aliphatic heterocycles. The fourth-order valence-corrected chi connectivity index (χ4v) is 2.55. The second kappa shape index (κ2) is 8.25. The Balaban J connectivity index is 2.13. The predicted molar refractivity (Wildman–Crippen MR) is 84.2 cm³/mol. The first-order chi connectivity index (χ1) is 10.2. The summed E-state index contributed by atoms with van der Waals surface area (Å²) in [5.74, 6) is 1.76. The molecule has 0 spiro atoms. The molecule has 0 radical (unpaired) electrons. The van der Waals surface area contributed by atoms with Gasteiger partial charge in [0.1, 0.15) is 17.6 Å². The van der Waals surface area contributed by atoms with E-state index in [1.807, 2.05) is 12.1 Å². The number of nitrogens with one attached hydrogen (secondary N) is 1. The van der Waals surface area contributed by atoms with Gasteiger partial charge in [0.25, 0.3) is 0 Å². The summed E-state index contributed by atoms with van der Waals surface area (Å²) in [6.45, 7) is 6.92. The normalized spacial score (nSPS) is 17.5. The number of rotatable bonds is 7. The van der Waals surface area contributed by atoms with E-state index < -0.39 is 0 Å². The maximum Gasteiger partial charge on any atom is 0.128 e. The highest BCUT2D eigenvalue weighted by Gasteiger charge is 2.19. The molecule has 1 unspecified atom stereocenters. The molecule has 0 aromatic heterocycles. The fourth-order valence-electron chi connectivity index (χ4n) is 2.55. The highest BCUT2D eigenvalue weighted by molar-refractivity contribution is 5.42. The van der Waals surface area contributed by atoms with Gasteiger partial charge in [-0.25, -0.2) is 0 Å². The van der Waals surface area contributed by atoms with Crippen LogP contribution in [0.1, 0.15) is 44.7 Å². The summed E-state index contributed by atoms with van der Waals surface area (Å²) in [6.07, 6.45) is 3.26. The Hall–Kier alpha value is -1.26. The first-order valence-electron chi connectivity index (χ1n) is 7.90. The van der Waals surface area contributed by atoms with Crippen molar-refractivity contribution in [3.63, 3.8) is 0 Å². The second-order valence-electron chi connectivity index (χ2n) is 5.51. The molecule has 1 fully saturated rings. The molecular weight excluding hydrogens is 266 g/mol. The topological polar surface area (TPSA) is 39.7 Å². The summed E-state index contributed by atoms with van der Waals surface area (Å²) in [4.78, 5) is 0. The second-order valence-corrected chi connectivity index (χ2v) is 5.51. The first-order valence-corrected chi connectivity index (χ1v) is 7.90. The molecule has 118 valence electrons. The molecule has 1 atom stereocenters. The lowest BCUT2D eigenvalue weighted by atomic mass is 10.1. The Labute approximate surface area is 127 Å². The van der Waals surface area contributed by atoms with Gasteiger partial charge in [0.2, 0.25) is 0 Å². The zero-order valence-corrected chi connectivity index (χ0v) is 13.4. The van der Waals surface area contributed by atoms with Crippen molar-refractivity contribution in [3.05, 3.63) is 23.8 Å². The van der Waals surface area contributed by atoms with Crippen molar-refractivity contribution in [2.45, 2.75) is 45.3 Å². The Kier molecular flexibility index (Phi) is 6.33. The van der Waals surface area contributed by atoms with E-state index in [1.54, 1.807) is 7.11 Å². The summed E-state index contributed by atoms with van der Waals surface area (Å²) in [5, 5.41) is 3.52. The van der Waals surface area contributed by atoms with Crippen LogP contribution in [0, 0.1) is 0 Å². The standard InChI is InChI=1S/C17H27NO3/c1-4-9-18-13(2)16-6-5-15(19-3)12-17(16)21-14-7-10-20-11-8-14/h5-6,12-14,18H,4,7-11H2,1-3H3. The van der Waals surface area contributed by atoms with Crippen molar-refractivity contribution < 1.29 is 14.2 Å². The lowest BCUT2D eigenvalue weighted by Gasteiger charge is -2.26.